The van der Waals surface area contributed by atoms with Crippen LogP contribution in [0.5, 0.6) is 0 Å². The summed E-state index contributed by atoms with van der Waals surface area (Å²) in [6.07, 6.45) is 4.12. The van der Waals surface area contributed by atoms with E-state index in [0.29, 0.717) is 5.41 Å². The van der Waals surface area contributed by atoms with Crippen LogP contribution in [-0.2, 0) is 0 Å². The minimum Gasteiger partial charge on any atom is -0.316 e. The van der Waals surface area contributed by atoms with Crippen LogP contribution in [0.2, 0.25) is 0 Å². The minimum atomic E-state index is 0.433. The van der Waals surface area contributed by atoms with Crippen molar-refractivity contribution in [2.45, 2.75) is 47.0 Å². The van der Waals surface area contributed by atoms with Gasteiger partial charge >= 0.3 is 0 Å². The number of hydrogen-bond donors (Lipinski definition) is 2. The topological polar surface area (TPSA) is 24.1 Å². The van der Waals surface area contributed by atoms with Crippen molar-refractivity contribution in [3.8, 4) is 0 Å². The van der Waals surface area contributed by atoms with Gasteiger partial charge in [-0.3, -0.25) is 0 Å². The zero-order valence-corrected chi connectivity index (χ0v) is 11.6. The van der Waals surface area contributed by atoms with E-state index in [1.807, 2.05) is 0 Å². The van der Waals surface area contributed by atoms with Gasteiger partial charge in [0, 0.05) is 0 Å². The molecule has 0 amide bonds. The number of rotatable bonds is 6. The molecule has 0 aromatic heterocycles. The molecular formula is C14H30N2. The molecule has 0 bridgehead atoms. The Labute approximate surface area is 102 Å². The van der Waals surface area contributed by atoms with Crippen molar-refractivity contribution in [3.05, 3.63) is 0 Å². The molecule has 0 aliphatic carbocycles. The van der Waals surface area contributed by atoms with Crippen LogP contribution >= 0.6 is 0 Å². The lowest BCUT2D eigenvalue weighted by Gasteiger charge is -2.27. The molecule has 2 nitrogen and oxygen atoms in total. The van der Waals surface area contributed by atoms with Gasteiger partial charge in [0.05, 0.1) is 0 Å². The molecular weight excluding hydrogens is 196 g/mol. The third kappa shape index (κ3) is 5.31. The smallest absolute Gasteiger partial charge is 0.00182 e. The average molecular weight is 226 g/mol. The van der Waals surface area contributed by atoms with Crippen molar-refractivity contribution in [1.82, 2.24) is 10.6 Å². The van der Waals surface area contributed by atoms with Crippen molar-refractivity contribution < 1.29 is 0 Å². The summed E-state index contributed by atoms with van der Waals surface area (Å²) in [5.41, 5.74) is 0.433. The Morgan fingerprint density at radius 2 is 2.12 bits per heavy atom. The highest BCUT2D eigenvalue weighted by molar-refractivity contribution is 4.73. The van der Waals surface area contributed by atoms with Crippen LogP contribution in [0.15, 0.2) is 0 Å². The van der Waals surface area contributed by atoms with Gasteiger partial charge in [-0.15, -0.1) is 0 Å². The maximum Gasteiger partial charge on any atom is -0.00182 e. The van der Waals surface area contributed by atoms with E-state index in [1.54, 1.807) is 0 Å². The fourth-order valence-corrected chi connectivity index (χ4v) is 2.10. The quantitative estimate of drug-likeness (QED) is 0.680. The van der Waals surface area contributed by atoms with E-state index in [1.165, 1.54) is 38.9 Å². The van der Waals surface area contributed by atoms with Crippen molar-refractivity contribution in [2.75, 3.05) is 26.2 Å². The van der Waals surface area contributed by atoms with Gasteiger partial charge < -0.3 is 10.6 Å². The highest BCUT2D eigenvalue weighted by Gasteiger charge is 2.19. The van der Waals surface area contributed by atoms with Gasteiger partial charge in [0.15, 0.2) is 0 Å². The molecule has 1 rings (SSSR count). The van der Waals surface area contributed by atoms with E-state index < -0.39 is 0 Å². The Morgan fingerprint density at radius 3 is 2.69 bits per heavy atom. The van der Waals surface area contributed by atoms with Crippen LogP contribution in [0.1, 0.15) is 47.0 Å². The van der Waals surface area contributed by atoms with Crippen LogP contribution in [0.25, 0.3) is 0 Å². The molecule has 2 heteroatoms. The molecule has 1 aliphatic heterocycles. The van der Waals surface area contributed by atoms with Crippen LogP contribution in [0.4, 0.5) is 0 Å². The normalized spacial score (nSPS) is 23.6. The third-order valence-electron chi connectivity index (χ3n) is 4.06. The lowest BCUT2D eigenvalue weighted by Crippen LogP contribution is -2.30. The molecule has 2 atom stereocenters. The summed E-state index contributed by atoms with van der Waals surface area (Å²) in [6.45, 7) is 14.1. The van der Waals surface area contributed by atoms with Gasteiger partial charge in [-0.05, 0) is 62.7 Å². The summed E-state index contributed by atoms with van der Waals surface area (Å²) in [5.74, 6) is 1.70. The lowest BCUT2D eigenvalue weighted by molar-refractivity contribution is 0.252. The molecule has 0 spiro atoms. The third-order valence-corrected chi connectivity index (χ3v) is 4.06. The van der Waals surface area contributed by atoms with Crippen LogP contribution in [0.3, 0.4) is 0 Å². The highest BCUT2D eigenvalue weighted by Crippen LogP contribution is 2.24. The zero-order valence-electron chi connectivity index (χ0n) is 11.6. The summed E-state index contributed by atoms with van der Waals surface area (Å²) in [6, 6.07) is 0. The van der Waals surface area contributed by atoms with Crippen LogP contribution in [-0.4, -0.2) is 26.2 Å². The first-order chi connectivity index (χ1) is 7.50. The predicted octanol–water partition coefficient (Wildman–Crippen LogP) is 2.65. The number of nitrogens with one attached hydrogen (secondary N) is 2. The van der Waals surface area contributed by atoms with Gasteiger partial charge in [-0.2, -0.15) is 0 Å². The van der Waals surface area contributed by atoms with Crippen molar-refractivity contribution in [1.29, 1.82) is 0 Å². The largest absolute Gasteiger partial charge is 0.316 e. The van der Waals surface area contributed by atoms with E-state index in [2.05, 4.69) is 38.3 Å². The van der Waals surface area contributed by atoms with E-state index in [0.717, 1.165) is 18.4 Å². The molecule has 2 unspecified atom stereocenters. The van der Waals surface area contributed by atoms with Crippen LogP contribution in [0, 0.1) is 17.3 Å². The first kappa shape index (κ1) is 14.0. The molecule has 0 aromatic rings. The van der Waals surface area contributed by atoms with Crippen molar-refractivity contribution >= 4 is 0 Å². The molecule has 0 radical (unpaired) electrons. The Hall–Kier alpha value is -0.0800. The Kier molecular flexibility index (Phi) is 5.77. The monoisotopic (exact) mass is 226 g/mol. The van der Waals surface area contributed by atoms with Gasteiger partial charge in [0.1, 0.15) is 0 Å². The Morgan fingerprint density at radius 1 is 1.38 bits per heavy atom. The summed E-state index contributed by atoms with van der Waals surface area (Å²) in [4.78, 5) is 0. The average Bonchev–Trinajstić information content (AvgIpc) is 2.68. The van der Waals surface area contributed by atoms with Gasteiger partial charge in [0.2, 0.25) is 0 Å². The second-order valence-electron chi connectivity index (χ2n) is 6.47. The highest BCUT2D eigenvalue weighted by atomic mass is 14.9. The Balaban J connectivity index is 1.95. The molecule has 2 N–H and O–H groups in total. The van der Waals surface area contributed by atoms with E-state index in [4.69, 9.17) is 0 Å². The first-order valence-corrected chi connectivity index (χ1v) is 6.91. The second-order valence-corrected chi connectivity index (χ2v) is 6.47. The van der Waals surface area contributed by atoms with Crippen LogP contribution < -0.4 is 10.6 Å². The van der Waals surface area contributed by atoms with E-state index in [9.17, 15) is 0 Å². The first-order valence-electron chi connectivity index (χ1n) is 6.91. The standard InChI is InChI=1S/C14H30N2/c1-12(14(2,3)4)10-15-8-5-6-13-7-9-16-11-13/h12-13,15-16H,5-11H2,1-4H3. The summed E-state index contributed by atoms with van der Waals surface area (Å²) >= 11 is 0. The van der Waals surface area contributed by atoms with Gasteiger partial charge in [0.25, 0.3) is 0 Å². The summed E-state index contributed by atoms with van der Waals surface area (Å²) < 4.78 is 0. The van der Waals surface area contributed by atoms with Gasteiger partial charge in [-0.1, -0.05) is 27.7 Å². The molecule has 16 heavy (non-hydrogen) atoms. The molecule has 1 heterocycles. The molecule has 0 aromatic carbocycles. The minimum absolute atomic E-state index is 0.433. The summed E-state index contributed by atoms with van der Waals surface area (Å²) in [7, 11) is 0. The molecule has 1 fully saturated rings. The molecule has 0 saturated carbocycles. The SMILES string of the molecule is CC(CNCCCC1CCNC1)C(C)(C)C. The second kappa shape index (κ2) is 6.61. The zero-order chi connectivity index (χ0) is 12.0. The van der Waals surface area contributed by atoms with Crippen molar-refractivity contribution in [3.63, 3.8) is 0 Å². The molecule has 1 saturated heterocycles. The van der Waals surface area contributed by atoms with E-state index >= 15 is 0 Å². The van der Waals surface area contributed by atoms with Gasteiger partial charge in [-0.25, -0.2) is 0 Å². The maximum atomic E-state index is 3.60. The Bertz CT molecular complexity index is 178. The molecule has 1 aliphatic rings. The van der Waals surface area contributed by atoms with E-state index in [-0.39, 0.29) is 0 Å². The predicted molar refractivity (Wildman–Crippen MR) is 71.7 cm³/mol. The number of hydrogen-bond acceptors (Lipinski definition) is 2. The fraction of sp³-hybridized carbons (Fsp3) is 1.00. The fourth-order valence-electron chi connectivity index (χ4n) is 2.10. The summed E-state index contributed by atoms with van der Waals surface area (Å²) in [5, 5.41) is 7.03. The lowest BCUT2D eigenvalue weighted by atomic mass is 9.82. The maximum absolute atomic E-state index is 3.60. The molecule has 96 valence electrons. The van der Waals surface area contributed by atoms with Crippen molar-refractivity contribution in [2.24, 2.45) is 17.3 Å².